The van der Waals surface area contributed by atoms with Gasteiger partial charge in [-0.15, -0.1) is 24.8 Å². The fraction of sp³-hybridized carbons (Fsp3) is 0.556. The van der Waals surface area contributed by atoms with Crippen molar-refractivity contribution < 1.29 is 14.3 Å². The first-order chi connectivity index (χ1) is 12.0. The lowest BCUT2D eigenvalue weighted by Crippen LogP contribution is -2.53. The minimum Gasteiger partial charge on any atom is -0.375 e. The Morgan fingerprint density at radius 1 is 1.37 bits per heavy atom. The maximum Gasteiger partial charge on any atom is 0.244 e. The molecule has 0 aromatic heterocycles. The highest BCUT2D eigenvalue weighted by Crippen LogP contribution is 2.21. The molecule has 0 spiro atoms. The summed E-state index contributed by atoms with van der Waals surface area (Å²) in [6.45, 7) is 4.71. The van der Waals surface area contributed by atoms with Gasteiger partial charge in [-0.1, -0.05) is 12.1 Å². The number of primary amides is 1. The molecule has 2 fully saturated rings. The van der Waals surface area contributed by atoms with Crippen LogP contribution < -0.4 is 16.4 Å². The van der Waals surface area contributed by atoms with Crippen molar-refractivity contribution in [2.24, 2.45) is 5.73 Å². The van der Waals surface area contributed by atoms with Gasteiger partial charge in [-0.25, -0.2) is 0 Å². The van der Waals surface area contributed by atoms with Gasteiger partial charge in [0.2, 0.25) is 11.8 Å². The van der Waals surface area contributed by atoms with Crippen LogP contribution in [0.25, 0.3) is 0 Å². The van der Waals surface area contributed by atoms with Crippen LogP contribution in [0, 0.1) is 0 Å². The highest BCUT2D eigenvalue weighted by atomic mass is 35.5. The van der Waals surface area contributed by atoms with Crippen molar-refractivity contribution >= 4 is 42.3 Å². The fourth-order valence-electron chi connectivity index (χ4n) is 3.57. The topological polar surface area (TPSA) is 96.7 Å². The molecule has 2 aliphatic rings. The Bertz CT molecular complexity index is 647. The van der Waals surface area contributed by atoms with Crippen molar-refractivity contribution in [1.29, 1.82) is 0 Å². The van der Waals surface area contributed by atoms with Crippen molar-refractivity contribution in [2.75, 3.05) is 25.0 Å². The number of nitrogens with two attached hydrogens (primary N) is 1. The summed E-state index contributed by atoms with van der Waals surface area (Å²) in [6, 6.07) is 7.18. The number of hydrogen-bond acceptors (Lipinski definition) is 5. The number of nitrogens with zero attached hydrogens (tertiary/aromatic N) is 1. The van der Waals surface area contributed by atoms with Crippen LogP contribution in [0.15, 0.2) is 24.3 Å². The molecule has 3 rings (SSSR count). The summed E-state index contributed by atoms with van der Waals surface area (Å²) in [5.74, 6) is -0.361. The van der Waals surface area contributed by atoms with E-state index >= 15 is 0 Å². The SMILES string of the molecule is C[C@H]1OCCN[C@@H]1C(=O)Nc1cccc(CN2CCCC2C(N)=O)c1.Cl.Cl. The summed E-state index contributed by atoms with van der Waals surface area (Å²) in [5.41, 5.74) is 7.27. The van der Waals surface area contributed by atoms with E-state index in [-0.39, 0.29) is 54.8 Å². The average molecular weight is 419 g/mol. The molecule has 0 bridgehead atoms. The molecule has 1 aromatic rings. The predicted octanol–water partition coefficient (Wildman–Crippen LogP) is 1.30. The lowest BCUT2D eigenvalue weighted by atomic mass is 10.1. The Labute approximate surface area is 172 Å². The zero-order chi connectivity index (χ0) is 17.8. The van der Waals surface area contributed by atoms with Crippen LogP contribution in [0.4, 0.5) is 5.69 Å². The number of amides is 2. The maximum atomic E-state index is 12.4. The molecular weight excluding hydrogens is 391 g/mol. The summed E-state index contributed by atoms with van der Waals surface area (Å²) in [7, 11) is 0. The van der Waals surface area contributed by atoms with Gasteiger partial charge in [0, 0.05) is 18.8 Å². The van der Waals surface area contributed by atoms with Crippen LogP contribution in [0.1, 0.15) is 25.3 Å². The van der Waals surface area contributed by atoms with E-state index < -0.39 is 0 Å². The van der Waals surface area contributed by atoms with Crippen LogP contribution in [0.5, 0.6) is 0 Å². The minimum atomic E-state index is -0.352. The van der Waals surface area contributed by atoms with Crippen LogP contribution in [-0.2, 0) is 20.9 Å². The van der Waals surface area contributed by atoms with Crippen LogP contribution in [0.2, 0.25) is 0 Å². The summed E-state index contributed by atoms with van der Waals surface area (Å²) < 4.78 is 5.52. The number of hydrogen-bond donors (Lipinski definition) is 3. The number of nitrogens with one attached hydrogen (secondary N) is 2. The standard InChI is InChI=1S/C18H26N4O3.2ClH/c1-12-16(20-7-9-25-12)18(24)21-14-5-2-4-13(10-14)11-22-8-3-6-15(22)17(19)23;;/h2,4-5,10,12,15-16,20H,3,6-9,11H2,1H3,(H2,19,23)(H,21,24);2*1H/t12-,15?,16+;;/m1../s1. The number of anilines is 1. The predicted molar refractivity (Wildman–Crippen MR) is 109 cm³/mol. The fourth-order valence-corrected chi connectivity index (χ4v) is 3.57. The summed E-state index contributed by atoms with van der Waals surface area (Å²) >= 11 is 0. The zero-order valence-corrected chi connectivity index (χ0v) is 17.0. The molecule has 1 unspecified atom stereocenters. The van der Waals surface area contributed by atoms with Gasteiger partial charge in [-0.2, -0.15) is 0 Å². The zero-order valence-electron chi connectivity index (χ0n) is 15.3. The first-order valence-electron chi connectivity index (χ1n) is 8.83. The number of benzene rings is 1. The van der Waals surface area contributed by atoms with Gasteiger partial charge in [-0.05, 0) is 44.0 Å². The van der Waals surface area contributed by atoms with E-state index in [9.17, 15) is 9.59 Å². The van der Waals surface area contributed by atoms with Crippen molar-refractivity contribution in [3.8, 4) is 0 Å². The van der Waals surface area contributed by atoms with Gasteiger partial charge in [-0.3, -0.25) is 14.5 Å². The molecular formula is C18H28Cl2N4O3. The summed E-state index contributed by atoms with van der Waals surface area (Å²) in [4.78, 5) is 26.1. The van der Waals surface area contributed by atoms with Gasteiger partial charge in [0.1, 0.15) is 6.04 Å². The second kappa shape index (κ2) is 10.8. The Balaban J connectivity index is 0.00000182. The Morgan fingerprint density at radius 3 is 2.85 bits per heavy atom. The number of halogens is 2. The van der Waals surface area contributed by atoms with Crippen molar-refractivity contribution in [3.05, 3.63) is 29.8 Å². The van der Waals surface area contributed by atoms with E-state index in [4.69, 9.17) is 10.5 Å². The monoisotopic (exact) mass is 418 g/mol. The molecule has 2 heterocycles. The van der Waals surface area contributed by atoms with E-state index in [1.165, 1.54) is 0 Å². The number of carbonyl (C=O) groups is 2. The van der Waals surface area contributed by atoms with Gasteiger partial charge in [0.05, 0.1) is 18.8 Å². The summed E-state index contributed by atoms with van der Waals surface area (Å²) in [5, 5.41) is 6.13. The molecule has 0 aliphatic carbocycles. The van der Waals surface area contributed by atoms with E-state index in [0.717, 1.165) is 30.6 Å². The molecule has 4 N–H and O–H groups in total. The first kappa shape index (κ1) is 23.7. The molecule has 1 aromatic carbocycles. The van der Waals surface area contributed by atoms with Gasteiger partial charge in [0.25, 0.3) is 0 Å². The summed E-state index contributed by atoms with van der Waals surface area (Å²) in [6.07, 6.45) is 1.64. The first-order valence-corrected chi connectivity index (χ1v) is 8.83. The van der Waals surface area contributed by atoms with E-state index in [0.29, 0.717) is 19.7 Å². The van der Waals surface area contributed by atoms with Crippen LogP contribution >= 0.6 is 24.8 Å². The van der Waals surface area contributed by atoms with E-state index in [1.807, 2.05) is 31.2 Å². The molecule has 27 heavy (non-hydrogen) atoms. The molecule has 0 radical (unpaired) electrons. The number of morpholine rings is 1. The normalized spacial score (nSPS) is 25.1. The number of rotatable bonds is 5. The van der Waals surface area contributed by atoms with Crippen molar-refractivity contribution in [2.45, 2.75) is 44.5 Å². The molecule has 0 saturated carbocycles. The number of carbonyl (C=O) groups excluding carboxylic acids is 2. The van der Waals surface area contributed by atoms with E-state index in [1.54, 1.807) is 0 Å². The van der Waals surface area contributed by atoms with Gasteiger partial charge < -0.3 is 21.1 Å². The third-order valence-electron chi connectivity index (χ3n) is 4.87. The second-order valence-corrected chi connectivity index (χ2v) is 6.73. The third kappa shape index (κ3) is 6.05. The lowest BCUT2D eigenvalue weighted by Gasteiger charge is -2.29. The third-order valence-corrected chi connectivity index (χ3v) is 4.87. The Morgan fingerprint density at radius 2 is 2.15 bits per heavy atom. The quantitative estimate of drug-likeness (QED) is 0.669. The smallest absolute Gasteiger partial charge is 0.244 e. The molecule has 3 atom stereocenters. The van der Waals surface area contributed by atoms with Crippen LogP contribution in [0.3, 0.4) is 0 Å². The minimum absolute atomic E-state index is 0. The second-order valence-electron chi connectivity index (χ2n) is 6.73. The lowest BCUT2D eigenvalue weighted by molar-refractivity contribution is -0.124. The van der Waals surface area contributed by atoms with Crippen LogP contribution in [-0.4, -0.2) is 54.6 Å². The molecule has 2 saturated heterocycles. The molecule has 9 heteroatoms. The van der Waals surface area contributed by atoms with Crippen molar-refractivity contribution in [3.63, 3.8) is 0 Å². The maximum absolute atomic E-state index is 12.4. The number of likely N-dealkylation sites (tertiary alicyclic amines) is 1. The average Bonchev–Trinajstić information content (AvgIpc) is 3.04. The van der Waals surface area contributed by atoms with Gasteiger partial charge >= 0.3 is 0 Å². The van der Waals surface area contributed by atoms with Gasteiger partial charge in [0.15, 0.2) is 0 Å². The molecule has 2 amide bonds. The highest BCUT2D eigenvalue weighted by molar-refractivity contribution is 5.95. The molecule has 2 aliphatic heterocycles. The van der Waals surface area contributed by atoms with Crippen molar-refractivity contribution in [1.82, 2.24) is 10.2 Å². The highest BCUT2D eigenvalue weighted by Gasteiger charge is 2.30. The Kier molecular flexibility index (Phi) is 9.49. The van der Waals surface area contributed by atoms with E-state index in [2.05, 4.69) is 15.5 Å². The molecule has 152 valence electrons. The number of ether oxygens (including phenoxy) is 1. The Hall–Kier alpha value is -1.38. The molecule has 7 nitrogen and oxygen atoms in total. The largest absolute Gasteiger partial charge is 0.375 e.